The summed E-state index contributed by atoms with van der Waals surface area (Å²) in [6.07, 6.45) is 1.96. The van der Waals surface area contributed by atoms with E-state index in [0.717, 1.165) is 46.5 Å². The van der Waals surface area contributed by atoms with Crippen molar-refractivity contribution in [2.45, 2.75) is 39.1 Å². The third-order valence-electron chi connectivity index (χ3n) is 2.79. The molecule has 0 aliphatic rings. The van der Waals surface area contributed by atoms with Gasteiger partial charge in [-0.15, -0.1) is 22.9 Å². The van der Waals surface area contributed by atoms with Gasteiger partial charge in [-0.2, -0.15) is 5.10 Å². The molecule has 18 heavy (non-hydrogen) atoms. The molecule has 3 nitrogen and oxygen atoms in total. The third kappa shape index (κ3) is 3.05. The van der Waals surface area contributed by atoms with Crippen molar-refractivity contribution in [3.05, 3.63) is 32.5 Å². The summed E-state index contributed by atoms with van der Waals surface area (Å²) >= 11 is 13.5. The van der Waals surface area contributed by atoms with E-state index in [1.54, 1.807) is 11.3 Å². The standard InChI is InChI=1S/C12H15Cl2N3S/c1-8-12(14)9(2)17(16-8)5-3-4-11-15-10(6-13)7-18-11/h7H,3-6H2,1-2H3. The summed E-state index contributed by atoms with van der Waals surface area (Å²) in [7, 11) is 0. The van der Waals surface area contributed by atoms with E-state index in [-0.39, 0.29) is 0 Å². The van der Waals surface area contributed by atoms with Crippen molar-refractivity contribution in [3.63, 3.8) is 0 Å². The second-order valence-electron chi connectivity index (χ2n) is 4.18. The van der Waals surface area contributed by atoms with Crippen LogP contribution in [-0.4, -0.2) is 14.8 Å². The Labute approximate surface area is 121 Å². The molecule has 0 fully saturated rings. The lowest BCUT2D eigenvalue weighted by atomic mass is 10.3. The van der Waals surface area contributed by atoms with Crippen LogP contribution in [0.3, 0.4) is 0 Å². The molecule has 0 atom stereocenters. The van der Waals surface area contributed by atoms with Crippen LogP contribution >= 0.6 is 34.5 Å². The zero-order chi connectivity index (χ0) is 13.1. The highest BCUT2D eigenvalue weighted by atomic mass is 35.5. The Hall–Kier alpha value is -0.580. The zero-order valence-electron chi connectivity index (χ0n) is 10.4. The Kier molecular flexibility index (Phi) is 4.65. The van der Waals surface area contributed by atoms with Gasteiger partial charge in [0.15, 0.2) is 0 Å². The topological polar surface area (TPSA) is 30.7 Å². The Bertz CT molecular complexity index is 533. The van der Waals surface area contributed by atoms with Gasteiger partial charge in [-0.25, -0.2) is 4.98 Å². The van der Waals surface area contributed by atoms with E-state index in [0.29, 0.717) is 5.88 Å². The van der Waals surface area contributed by atoms with Crippen molar-refractivity contribution in [3.8, 4) is 0 Å². The molecular formula is C12H15Cl2N3S. The highest BCUT2D eigenvalue weighted by Gasteiger charge is 2.09. The number of thiazole rings is 1. The Morgan fingerprint density at radius 2 is 2.17 bits per heavy atom. The summed E-state index contributed by atoms with van der Waals surface area (Å²) in [6, 6.07) is 0. The molecule has 0 aromatic carbocycles. The van der Waals surface area contributed by atoms with Gasteiger partial charge in [0.1, 0.15) is 0 Å². The van der Waals surface area contributed by atoms with Crippen molar-refractivity contribution in [1.29, 1.82) is 0 Å². The van der Waals surface area contributed by atoms with Gasteiger partial charge in [-0.3, -0.25) is 4.68 Å². The van der Waals surface area contributed by atoms with Gasteiger partial charge < -0.3 is 0 Å². The molecule has 0 bridgehead atoms. The molecule has 0 unspecified atom stereocenters. The highest BCUT2D eigenvalue weighted by Crippen LogP contribution is 2.19. The summed E-state index contributed by atoms with van der Waals surface area (Å²) in [4.78, 5) is 4.44. The first-order valence-electron chi connectivity index (χ1n) is 5.80. The largest absolute Gasteiger partial charge is 0.268 e. The summed E-state index contributed by atoms with van der Waals surface area (Å²) < 4.78 is 1.97. The fourth-order valence-corrected chi connectivity index (χ4v) is 3.00. The first-order valence-corrected chi connectivity index (χ1v) is 7.59. The fraction of sp³-hybridized carbons (Fsp3) is 0.500. The molecule has 0 aliphatic carbocycles. The predicted octanol–water partition coefficient (Wildman–Crippen LogP) is 3.98. The minimum Gasteiger partial charge on any atom is -0.268 e. The fourth-order valence-electron chi connectivity index (χ4n) is 1.80. The average molecular weight is 304 g/mol. The number of hydrogen-bond donors (Lipinski definition) is 0. The number of alkyl halides is 1. The van der Waals surface area contributed by atoms with E-state index in [2.05, 4.69) is 10.1 Å². The van der Waals surface area contributed by atoms with Crippen LogP contribution < -0.4 is 0 Å². The molecule has 2 aromatic heterocycles. The number of aryl methyl sites for hydroxylation is 3. The maximum absolute atomic E-state index is 6.11. The maximum Gasteiger partial charge on any atom is 0.0929 e. The second-order valence-corrected chi connectivity index (χ2v) is 5.77. The summed E-state index contributed by atoms with van der Waals surface area (Å²) in [5.41, 5.74) is 2.90. The highest BCUT2D eigenvalue weighted by molar-refractivity contribution is 7.09. The summed E-state index contributed by atoms with van der Waals surface area (Å²) in [5.74, 6) is 0.490. The Balaban J connectivity index is 1.90. The SMILES string of the molecule is Cc1nn(CCCc2nc(CCl)cs2)c(C)c1Cl. The molecule has 0 saturated heterocycles. The minimum atomic E-state index is 0.490. The Morgan fingerprint density at radius 1 is 1.39 bits per heavy atom. The van der Waals surface area contributed by atoms with Crippen LogP contribution in [0.2, 0.25) is 5.02 Å². The third-order valence-corrected chi connectivity index (χ3v) is 4.57. The molecule has 2 aromatic rings. The van der Waals surface area contributed by atoms with Gasteiger partial charge in [-0.05, 0) is 20.3 Å². The van der Waals surface area contributed by atoms with Crippen LogP contribution in [0.5, 0.6) is 0 Å². The van der Waals surface area contributed by atoms with Crippen molar-refractivity contribution >= 4 is 34.5 Å². The van der Waals surface area contributed by atoms with Crippen LogP contribution in [0.25, 0.3) is 0 Å². The van der Waals surface area contributed by atoms with Gasteiger partial charge in [0, 0.05) is 18.3 Å². The molecule has 0 aliphatic heterocycles. The minimum absolute atomic E-state index is 0.490. The van der Waals surface area contributed by atoms with Crippen LogP contribution in [0.4, 0.5) is 0 Å². The quantitative estimate of drug-likeness (QED) is 0.782. The van der Waals surface area contributed by atoms with E-state index in [1.807, 2.05) is 23.9 Å². The number of rotatable bonds is 5. The number of hydrogen-bond acceptors (Lipinski definition) is 3. The van der Waals surface area contributed by atoms with Gasteiger partial charge in [-0.1, -0.05) is 11.6 Å². The Morgan fingerprint density at radius 3 is 2.72 bits per heavy atom. The molecule has 2 rings (SSSR count). The molecule has 0 spiro atoms. The molecule has 0 saturated carbocycles. The van der Waals surface area contributed by atoms with E-state index in [4.69, 9.17) is 23.2 Å². The lowest BCUT2D eigenvalue weighted by Crippen LogP contribution is -2.03. The molecule has 2 heterocycles. The number of nitrogens with zero attached hydrogens (tertiary/aromatic N) is 3. The average Bonchev–Trinajstić information content (AvgIpc) is 2.91. The summed E-state index contributed by atoms with van der Waals surface area (Å²) in [6.45, 7) is 4.80. The van der Waals surface area contributed by atoms with Gasteiger partial charge in [0.2, 0.25) is 0 Å². The lowest BCUT2D eigenvalue weighted by molar-refractivity contribution is 0.561. The maximum atomic E-state index is 6.11. The number of aromatic nitrogens is 3. The van der Waals surface area contributed by atoms with Crippen molar-refractivity contribution in [2.24, 2.45) is 0 Å². The van der Waals surface area contributed by atoms with E-state index < -0.39 is 0 Å². The van der Waals surface area contributed by atoms with Gasteiger partial charge in [0.25, 0.3) is 0 Å². The lowest BCUT2D eigenvalue weighted by Gasteiger charge is -2.02. The first-order chi connectivity index (χ1) is 8.61. The van der Waals surface area contributed by atoms with Crippen LogP contribution in [-0.2, 0) is 18.8 Å². The van der Waals surface area contributed by atoms with Crippen LogP contribution in [0.1, 0.15) is 28.5 Å². The first kappa shape index (κ1) is 13.8. The van der Waals surface area contributed by atoms with E-state index in [1.165, 1.54) is 0 Å². The molecule has 98 valence electrons. The molecule has 0 N–H and O–H groups in total. The molecule has 0 radical (unpaired) electrons. The normalized spacial score (nSPS) is 11.1. The van der Waals surface area contributed by atoms with E-state index in [9.17, 15) is 0 Å². The van der Waals surface area contributed by atoms with E-state index >= 15 is 0 Å². The number of halogens is 2. The zero-order valence-corrected chi connectivity index (χ0v) is 12.7. The second kappa shape index (κ2) is 6.04. The molecule has 6 heteroatoms. The molecular weight excluding hydrogens is 289 g/mol. The van der Waals surface area contributed by atoms with Gasteiger partial charge in [0.05, 0.1) is 33.0 Å². The molecule has 0 amide bonds. The van der Waals surface area contributed by atoms with Crippen molar-refractivity contribution in [1.82, 2.24) is 14.8 Å². The predicted molar refractivity (Wildman–Crippen MR) is 76.7 cm³/mol. The summed E-state index contributed by atoms with van der Waals surface area (Å²) in [5, 5.41) is 8.33. The van der Waals surface area contributed by atoms with Crippen molar-refractivity contribution in [2.75, 3.05) is 0 Å². The monoisotopic (exact) mass is 303 g/mol. The van der Waals surface area contributed by atoms with Crippen molar-refractivity contribution < 1.29 is 0 Å². The van der Waals surface area contributed by atoms with Gasteiger partial charge >= 0.3 is 0 Å². The van der Waals surface area contributed by atoms with Crippen LogP contribution in [0.15, 0.2) is 5.38 Å². The smallest absolute Gasteiger partial charge is 0.0929 e. The van der Waals surface area contributed by atoms with Crippen LogP contribution in [0, 0.1) is 13.8 Å².